The fourth-order valence-corrected chi connectivity index (χ4v) is 3.81. The highest BCUT2D eigenvalue weighted by molar-refractivity contribution is 7.87. The molecule has 1 heterocycles. The highest BCUT2D eigenvalue weighted by Gasteiger charge is 2.28. The zero-order chi connectivity index (χ0) is 17.5. The van der Waals surface area contributed by atoms with E-state index in [-0.39, 0.29) is 21.5 Å². The average Bonchev–Trinajstić information content (AvgIpc) is 2.47. The molecular formula is C13H12Cl2N2O5S. The van der Waals surface area contributed by atoms with E-state index in [0.717, 1.165) is 4.57 Å². The maximum absolute atomic E-state index is 12.5. The minimum atomic E-state index is -4.54. The fourth-order valence-electron chi connectivity index (χ4n) is 1.92. The highest BCUT2D eigenvalue weighted by Crippen LogP contribution is 2.34. The lowest BCUT2D eigenvalue weighted by atomic mass is 10.3. The van der Waals surface area contributed by atoms with E-state index in [2.05, 4.69) is 0 Å². The number of nitrogens with zero attached hydrogens (tertiary/aromatic N) is 2. The standard InChI is InChI=1S/C13H12Cl2N2O5S/c1-7-11(12(18)17(3)13(19)16(7)2)23(20,21)22-10-8(14)5-4-6-9(10)15/h4-6H,1-3H3. The largest absolute Gasteiger partial charge is 0.376 e. The van der Waals surface area contributed by atoms with Crippen molar-refractivity contribution in [3.8, 4) is 5.75 Å². The van der Waals surface area contributed by atoms with E-state index in [1.807, 2.05) is 0 Å². The van der Waals surface area contributed by atoms with Crippen LogP contribution in [0.5, 0.6) is 5.75 Å². The van der Waals surface area contributed by atoms with E-state index in [4.69, 9.17) is 27.4 Å². The zero-order valence-electron chi connectivity index (χ0n) is 12.3. The van der Waals surface area contributed by atoms with Gasteiger partial charge >= 0.3 is 15.8 Å². The number of hydrogen-bond donors (Lipinski definition) is 0. The quantitative estimate of drug-likeness (QED) is 0.754. The van der Waals surface area contributed by atoms with Crippen molar-refractivity contribution in [3.63, 3.8) is 0 Å². The molecule has 0 amide bonds. The number of aromatic nitrogens is 2. The smallest absolute Gasteiger partial charge is 0.346 e. The van der Waals surface area contributed by atoms with Crippen LogP contribution in [0.2, 0.25) is 10.0 Å². The van der Waals surface area contributed by atoms with Crippen molar-refractivity contribution in [1.29, 1.82) is 0 Å². The Morgan fingerprint density at radius 1 is 1.04 bits per heavy atom. The Morgan fingerprint density at radius 3 is 2.09 bits per heavy atom. The van der Waals surface area contributed by atoms with Gasteiger partial charge in [0.2, 0.25) is 0 Å². The van der Waals surface area contributed by atoms with Crippen molar-refractivity contribution >= 4 is 33.3 Å². The van der Waals surface area contributed by atoms with Gasteiger partial charge in [0.05, 0.1) is 10.0 Å². The van der Waals surface area contributed by atoms with Crippen LogP contribution >= 0.6 is 23.2 Å². The second-order valence-corrected chi connectivity index (χ2v) is 7.01. The van der Waals surface area contributed by atoms with Gasteiger partial charge in [-0.2, -0.15) is 8.42 Å². The lowest BCUT2D eigenvalue weighted by Gasteiger charge is -2.14. The van der Waals surface area contributed by atoms with Gasteiger partial charge in [0, 0.05) is 19.8 Å². The number of rotatable bonds is 3. The molecular weight excluding hydrogens is 367 g/mol. The minimum Gasteiger partial charge on any atom is -0.376 e. The number of para-hydroxylation sites is 1. The molecule has 2 aromatic rings. The molecule has 7 nitrogen and oxygen atoms in total. The highest BCUT2D eigenvalue weighted by atomic mass is 35.5. The van der Waals surface area contributed by atoms with E-state index >= 15 is 0 Å². The van der Waals surface area contributed by atoms with Crippen LogP contribution < -0.4 is 15.4 Å². The van der Waals surface area contributed by atoms with Crippen LogP contribution in [0.25, 0.3) is 0 Å². The molecule has 2 rings (SSSR count). The molecule has 1 aromatic carbocycles. The van der Waals surface area contributed by atoms with Gasteiger partial charge < -0.3 is 4.18 Å². The van der Waals surface area contributed by atoms with Gasteiger partial charge in [-0.15, -0.1) is 0 Å². The van der Waals surface area contributed by atoms with Crippen molar-refractivity contribution in [2.24, 2.45) is 14.1 Å². The van der Waals surface area contributed by atoms with E-state index < -0.39 is 26.3 Å². The summed E-state index contributed by atoms with van der Waals surface area (Å²) >= 11 is 11.8. The first kappa shape index (κ1) is 17.6. The zero-order valence-corrected chi connectivity index (χ0v) is 14.7. The molecule has 0 aliphatic heterocycles. The Labute approximate surface area is 141 Å². The molecule has 1 aromatic heterocycles. The SMILES string of the molecule is Cc1c(S(=O)(=O)Oc2c(Cl)cccc2Cl)c(=O)n(C)c(=O)n1C. The predicted octanol–water partition coefficient (Wildman–Crippen LogP) is 1.47. The number of hydrogen-bond acceptors (Lipinski definition) is 5. The summed E-state index contributed by atoms with van der Waals surface area (Å²) in [5.41, 5.74) is -1.70. The van der Waals surface area contributed by atoms with Crippen molar-refractivity contribution in [2.45, 2.75) is 11.8 Å². The second kappa shape index (κ2) is 6.03. The Kier molecular flexibility index (Phi) is 4.61. The van der Waals surface area contributed by atoms with Crippen LogP contribution in [-0.2, 0) is 24.2 Å². The van der Waals surface area contributed by atoms with Gasteiger partial charge in [-0.05, 0) is 19.1 Å². The first-order valence-electron chi connectivity index (χ1n) is 6.23. The lowest BCUT2D eigenvalue weighted by molar-refractivity contribution is 0.478. The van der Waals surface area contributed by atoms with E-state index in [9.17, 15) is 18.0 Å². The Morgan fingerprint density at radius 2 is 1.57 bits per heavy atom. The van der Waals surface area contributed by atoms with E-state index in [1.54, 1.807) is 0 Å². The van der Waals surface area contributed by atoms with Gasteiger partial charge in [0.15, 0.2) is 10.6 Å². The minimum absolute atomic E-state index is 0.0274. The molecule has 0 aliphatic carbocycles. The van der Waals surface area contributed by atoms with Gasteiger partial charge in [0.1, 0.15) is 0 Å². The maximum atomic E-state index is 12.5. The number of halogens is 2. The van der Waals surface area contributed by atoms with Crippen LogP contribution in [0.15, 0.2) is 32.7 Å². The summed E-state index contributed by atoms with van der Waals surface area (Å²) in [6.45, 7) is 1.33. The van der Waals surface area contributed by atoms with Crippen LogP contribution in [0, 0.1) is 6.92 Å². The molecule has 0 bridgehead atoms. The summed E-state index contributed by atoms with van der Waals surface area (Å²) in [6, 6.07) is 4.30. The first-order chi connectivity index (χ1) is 10.6. The van der Waals surface area contributed by atoms with Crippen molar-refractivity contribution in [1.82, 2.24) is 9.13 Å². The molecule has 0 fully saturated rings. The average molecular weight is 379 g/mol. The molecule has 124 valence electrons. The third-order valence-corrected chi connectivity index (χ3v) is 5.22. The van der Waals surface area contributed by atoms with Gasteiger partial charge in [-0.25, -0.2) is 4.79 Å². The summed E-state index contributed by atoms with van der Waals surface area (Å²) in [5.74, 6) is -0.286. The van der Waals surface area contributed by atoms with E-state index in [0.29, 0.717) is 4.57 Å². The molecule has 0 saturated heterocycles. The summed E-state index contributed by atoms with van der Waals surface area (Å²) in [5, 5.41) is -0.0549. The molecule has 23 heavy (non-hydrogen) atoms. The molecule has 0 unspecified atom stereocenters. The van der Waals surface area contributed by atoms with Crippen molar-refractivity contribution < 1.29 is 12.6 Å². The predicted molar refractivity (Wildman–Crippen MR) is 85.9 cm³/mol. The van der Waals surface area contributed by atoms with E-state index in [1.165, 1.54) is 39.2 Å². The summed E-state index contributed by atoms with van der Waals surface area (Å²) in [7, 11) is -2.03. The second-order valence-electron chi connectivity index (χ2n) is 4.71. The van der Waals surface area contributed by atoms with Crippen LogP contribution in [-0.4, -0.2) is 17.6 Å². The Hall–Kier alpha value is -1.77. The van der Waals surface area contributed by atoms with Crippen molar-refractivity contribution in [2.75, 3.05) is 0 Å². The van der Waals surface area contributed by atoms with Gasteiger partial charge in [-0.1, -0.05) is 29.3 Å². The summed E-state index contributed by atoms with van der Waals surface area (Å²) in [6.07, 6.45) is 0. The third-order valence-electron chi connectivity index (χ3n) is 3.27. The van der Waals surface area contributed by atoms with Crippen LogP contribution in [0.4, 0.5) is 0 Å². The molecule has 0 N–H and O–H groups in total. The maximum Gasteiger partial charge on any atom is 0.346 e. The van der Waals surface area contributed by atoms with Gasteiger partial charge in [0.25, 0.3) is 5.56 Å². The topological polar surface area (TPSA) is 87.4 Å². The van der Waals surface area contributed by atoms with Crippen molar-refractivity contribution in [3.05, 3.63) is 54.8 Å². The molecule has 0 aliphatic rings. The molecule has 0 atom stereocenters. The van der Waals surface area contributed by atoms with Crippen LogP contribution in [0.3, 0.4) is 0 Å². The lowest BCUT2D eigenvalue weighted by Crippen LogP contribution is -2.41. The van der Waals surface area contributed by atoms with Crippen LogP contribution in [0.1, 0.15) is 5.69 Å². The third kappa shape index (κ3) is 3.01. The molecule has 0 radical (unpaired) electrons. The first-order valence-corrected chi connectivity index (χ1v) is 8.39. The Balaban J connectivity index is 2.72. The Bertz CT molecular complexity index is 988. The monoisotopic (exact) mass is 378 g/mol. The molecule has 0 saturated carbocycles. The molecule has 0 spiro atoms. The summed E-state index contributed by atoms with van der Waals surface area (Å²) in [4.78, 5) is 23.3. The number of benzene rings is 1. The summed E-state index contributed by atoms with van der Waals surface area (Å²) < 4.78 is 31.6. The normalized spacial score (nSPS) is 11.5. The molecule has 10 heteroatoms. The fraction of sp³-hybridized carbons (Fsp3) is 0.231. The van der Waals surface area contributed by atoms with Gasteiger partial charge in [-0.3, -0.25) is 13.9 Å².